The van der Waals surface area contributed by atoms with Crippen LogP contribution in [0.25, 0.3) is 0 Å². The minimum Gasteiger partial charge on any atom is -0.393 e. The quantitative estimate of drug-likeness (QED) is 0.677. The summed E-state index contributed by atoms with van der Waals surface area (Å²) in [7, 11) is 0. The molecule has 0 aliphatic heterocycles. The molecule has 0 aromatic rings. The third-order valence-corrected chi connectivity index (χ3v) is 7.81. The maximum atomic E-state index is 12.4. The molecule has 0 aromatic carbocycles. The van der Waals surface area contributed by atoms with E-state index in [1.165, 1.54) is 5.57 Å². The van der Waals surface area contributed by atoms with Crippen molar-refractivity contribution in [3.63, 3.8) is 0 Å². The van der Waals surface area contributed by atoms with Crippen molar-refractivity contribution in [2.24, 2.45) is 28.6 Å². The maximum absolute atomic E-state index is 12.4. The Morgan fingerprint density at radius 3 is 2.59 bits per heavy atom. The van der Waals surface area contributed by atoms with Gasteiger partial charge in [-0.3, -0.25) is 4.79 Å². The number of allylic oxidation sites excluding steroid dienone is 1. The predicted octanol–water partition coefficient (Wildman–Crippen LogP) is 2.85. The van der Waals surface area contributed by atoms with Crippen molar-refractivity contribution in [3.05, 3.63) is 11.6 Å². The summed E-state index contributed by atoms with van der Waals surface area (Å²) in [6.45, 7) is 4.48. The molecule has 3 fully saturated rings. The molecule has 122 valence electrons. The number of aliphatic hydroxyl groups excluding tert-OH is 2. The van der Waals surface area contributed by atoms with E-state index in [0.717, 1.165) is 38.5 Å². The van der Waals surface area contributed by atoms with E-state index in [9.17, 15) is 15.0 Å². The average molecular weight is 304 g/mol. The Labute approximate surface area is 132 Å². The molecule has 7 atom stereocenters. The van der Waals surface area contributed by atoms with E-state index >= 15 is 0 Å². The SMILES string of the molecule is C[C@]12CC[C@H](O)CC1=CC[C@H]1[C@H]2CC[C@]2(C)C(=O)[C@H](O)C[C@H]12. The highest BCUT2D eigenvalue weighted by molar-refractivity contribution is 5.91. The van der Waals surface area contributed by atoms with E-state index in [2.05, 4.69) is 19.9 Å². The number of carbonyl (C=O) groups is 1. The van der Waals surface area contributed by atoms with Gasteiger partial charge in [-0.05, 0) is 68.1 Å². The summed E-state index contributed by atoms with van der Waals surface area (Å²) in [6.07, 6.45) is 8.00. The minimum absolute atomic E-state index is 0.0925. The van der Waals surface area contributed by atoms with Gasteiger partial charge in [-0.1, -0.05) is 25.5 Å². The minimum atomic E-state index is -0.736. The van der Waals surface area contributed by atoms with Crippen LogP contribution in [-0.4, -0.2) is 28.2 Å². The monoisotopic (exact) mass is 304 g/mol. The Kier molecular flexibility index (Phi) is 3.16. The van der Waals surface area contributed by atoms with Gasteiger partial charge >= 0.3 is 0 Å². The number of rotatable bonds is 0. The van der Waals surface area contributed by atoms with Crippen LogP contribution >= 0.6 is 0 Å². The second-order valence-electron chi connectivity index (χ2n) is 8.73. The third-order valence-electron chi connectivity index (χ3n) is 7.81. The van der Waals surface area contributed by atoms with Crippen molar-refractivity contribution in [2.75, 3.05) is 0 Å². The van der Waals surface area contributed by atoms with Crippen LogP contribution in [0.4, 0.5) is 0 Å². The Balaban J connectivity index is 1.70. The number of Topliss-reactive ketones (excluding diaryl/α,β-unsaturated/α-hetero) is 1. The fraction of sp³-hybridized carbons (Fsp3) is 0.842. The van der Waals surface area contributed by atoms with Crippen LogP contribution in [0.15, 0.2) is 11.6 Å². The van der Waals surface area contributed by atoms with E-state index < -0.39 is 6.10 Å². The molecule has 0 saturated heterocycles. The first-order valence-corrected chi connectivity index (χ1v) is 8.96. The average Bonchev–Trinajstić information content (AvgIpc) is 2.72. The van der Waals surface area contributed by atoms with Gasteiger partial charge in [-0.2, -0.15) is 0 Å². The molecule has 3 saturated carbocycles. The molecular weight excluding hydrogens is 276 g/mol. The van der Waals surface area contributed by atoms with Crippen LogP contribution in [0.5, 0.6) is 0 Å². The molecule has 4 rings (SSSR count). The van der Waals surface area contributed by atoms with Gasteiger partial charge in [0.25, 0.3) is 0 Å². The highest BCUT2D eigenvalue weighted by atomic mass is 16.3. The van der Waals surface area contributed by atoms with Crippen molar-refractivity contribution >= 4 is 5.78 Å². The van der Waals surface area contributed by atoms with E-state index in [-0.39, 0.29) is 22.7 Å². The molecular formula is C19H28O3. The molecule has 4 aliphatic rings. The third kappa shape index (κ3) is 1.78. The van der Waals surface area contributed by atoms with E-state index in [1.807, 2.05) is 0 Å². The molecule has 0 spiro atoms. The number of fused-ring (bicyclic) bond motifs is 5. The van der Waals surface area contributed by atoms with Gasteiger partial charge in [0.2, 0.25) is 0 Å². The van der Waals surface area contributed by atoms with Crippen molar-refractivity contribution in [1.82, 2.24) is 0 Å². The zero-order valence-corrected chi connectivity index (χ0v) is 13.7. The Hall–Kier alpha value is -0.670. The number of carbonyl (C=O) groups excluding carboxylic acids is 1. The van der Waals surface area contributed by atoms with Crippen molar-refractivity contribution in [2.45, 2.75) is 71.0 Å². The van der Waals surface area contributed by atoms with Gasteiger partial charge in [-0.15, -0.1) is 0 Å². The summed E-state index contributed by atoms with van der Waals surface area (Å²) in [5.41, 5.74) is 1.37. The van der Waals surface area contributed by atoms with Gasteiger partial charge in [-0.25, -0.2) is 0 Å². The fourth-order valence-corrected chi connectivity index (χ4v) is 6.43. The second kappa shape index (κ2) is 4.67. The van der Waals surface area contributed by atoms with Crippen LogP contribution in [0, 0.1) is 28.6 Å². The zero-order valence-electron chi connectivity index (χ0n) is 13.7. The standard InChI is InChI=1S/C19H28O3/c1-18-7-5-12(20)9-11(18)3-4-13-14(18)6-8-19(2)15(13)10-16(21)17(19)22/h3,12-16,20-21H,4-10H2,1-2H3/t12-,13-,14+,15+,16+,18-,19-/m0/s1. The first-order chi connectivity index (χ1) is 10.4. The van der Waals surface area contributed by atoms with Gasteiger partial charge in [0.1, 0.15) is 6.10 Å². The summed E-state index contributed by atoms with van der Waals surface area (Å²) in [5.74, 6) is 1.59. The number of ketones is 1. The first kappa shape index (κ1) is 14.9. The molecule has 3 heteroatoms. The van der Waals surface area contributed by atoms with Crippen LogP contribution in [0.2, 0.25) is 0 Å². The lowest BCUT2D eigenvalue weighted by Gasteiger charge is -2.56. The Morgan fingerprint density at radius 1 is 1.09 bits per heavy atom. The number of hydrogen-bond acceptors (Lipinski definition) is 3. The van der Waals surface area contributed by atoms with Gasteiger partial charge < -0.3 is 10.2 Å². The molecule has 0 bridgehead atoms. The van der Waals surface area contributed by atoms with Gasteiger partial charge in [0.15, 0.2) is 5.78 Å². The lowest BCUT2D eigenvalue weighted by Crippen LogP contribution is -2.50. The van der Waals surface area contributed by atoms with E-state index in [0.29, 0.717) is 24.2 Å². The predicted molar refractivity (Wildman–Crippen MR) is 84.1 cm³/mol. The first-order valence-electron chi connectivity index (χ1n) is 8.96. The second-order valence-corrected chi connectivity index (χ2v) is 8.73. The zero-order chi connectivity index (χ0) is 15.7. The largest absolute Gasteiger partial charge is 0.393 e. The molecule has 22 heavy (non-hydrogen) atoms. The summed E-state index contributed by atoms with van der Waals surface area (Å²) in [5, 5.41) is 20.1. The topological polar surface area (TPSA) is 57.5 Å². The summed E-state index contributed by atoms with van der Waals surface area (Å²) < 4.78 is 0. The Bertz CT molecular complexity index is 539. The smallest absolute Gasteiger partial charge is 0.167 e. The van der Waals surface area contributed by atoms with Crippen LogP contribution in [0.1, 0.15) is 58.8 Å². The molecule has 0 heterocycles. The van der Waals surface area contributed by atoms with Crippen molar-refractivity contribution in [1.29, 1.82) is 0 Å². The van der Waals surface area contributed by atoms with Gasteiger partial charge in [0.05, 0.1) is 6.10 Å². The fourth-order valence-electron chi connectivity index (χ4n) is 6.43. The lowest BCUT2D eigenvalue weighted by molar-refractivity contribution is -0.136. The number of aliphatic hydroxyl groups is 2. The van der Waals surface area contributed by atoms with Crippen LogP contribution in [-0.2, 0) is 4.79 Å². The van der Waals surface area contributed by atoms with Crippen LogP contribution < -0.4 is 0 Å². The van der Waals surface area contributed by atoms with Crippen molar-refractivity contribution in [3.8, 4) is 0 Å². The molecule has 0 aromatic heterocycles. The normalized spacial score (nSPS) is 54.3. The molecule has 4 aliphatic carbocycles. The summed E-state index contributed by atoms with van der Waals surface area (Å²) >= 11 is 0. The maximum Gasteiger partial charge on any atom is 0.167 e. The van der Waals surface area contributed by atoms with Crippen LogP contribution in [0.3, 0.4) is 0 Å². The highest BCUT2D eigenvalue weighted by Crippen LogP contribution is 2.63. The van der Waals surface area contributed by atoms with E-state index in [1.54, 1.807) is 0 Å². The Morgan fingerprint density at radius 2 is 1.82 bits per heavy atom. The molecule has 0 radical (unpaired) electrons. The summed E-state index contributed by atoms with van der Waals surface area (Å²) in [4.78, 5) is 12.4. The molecule has 0 amide bonds. The molecule has 0 unspecified atom stereocenters. The number of hydrogen-bond donors (Lipinski definition) is 2. The summed E-state index contributed by atoms with van der Waals surface area (Å²) in [6, 6.07) is 0. The lowest BCUT2D eigenvalue weighted by atomic mass is 9.48. The van der Waals surface area contributed by atoms with Crippen molar-refractivity contribution < 1.29 is 15.0 Å². The van der Waals surface area contributed by atoms with Gasteiger partial charge in [0, 0.05) is 5.41 Å². The molecule has 2 N–H and O–H groups in total. The molecule has 3 nitrogen and oxygen atoms in total. The van der Waals surface area contributed by atoms with E-state index in [4.69, 9.17) is 0 Å². The highest BCUT2D eigenvalue weighted by Gasteiger charge is 2.60.